The molecule has 29 heavy (non-hydrogen) atoms. The molecule has 0 radical (unpaired) electrons. The zero-order chi connectivity index (χ0) is 20.8. The summed E-state index contributed by atoms with van der Waals surface area (Å²) in [6, 6.07) is 15.2. The smallest absolute Gasteiger partial charge is 0.272 e. The topological polar surface area (TPSA) is 82.5 Å². The van der Waals surface area contributed by atoms with Gasteiger partial charge in [0.1, 0.15) is 5.69 Å². The van der Waals surface area contributed by atoms with E-state index in [-0.39, 0.29) is 23.8 Å². The van der Waals surface area contributed by atoms with E-state index in [2.05, 4.69) is 10.3 Å². The van der Waals surface area contributed by atoms with Crippen molar-refractivity contribution < 1.29 is 14.7 Å². The number of rotatable bonds is 5. The molecule has 6 nitrogen and oxygen atoms in total. The number of aliphatic hydroxyl groups is 1. The first kappa shape index (κ1) is 21.0. The van der Waals surface area contributed by atoms with Crippen LogP contribution in [-0.2, 0) is 11.2 Å². The predicted octanol–water partition coefficient (Wildman–Crippen LogP) is 2.41. The Morgan fingerprint density at radius 2 is 1.83 bits per heavy atom. The summed E-state index contributed by atoms with van der Waals surface area (Å²) in [5.41, 5.74) is 2.41. The van der Waals surface area contributed by atoms with Crippen LogP contribution < -0.4 is 5.32 Å². The van der Waals surface area contributed by atoms with Gasteiger partial charge in [0.2, 0.25) is 5.91 Å². The highest BCUT2D eigenvalue weighted by Crippen LogP contribution is 2.16. The van der Waals surface area contributed by atoms with Gasteiger partial charge in [-0.15, -0.1) is 0 Å². The molecule has 0 bridgehead atoms. The third-order valence-electron chi connectivity index (χ3n) is 5.26. The largest absolute Gasteiger partial charge is 0.391 e. The van der Waals surface area contributed by atoms with Crippen LogP contribution in [0.15, 0.2) is 48.5 Å². The van der Waals surface area contributed by atoms with E-state index in [1.165, 1.54) is 0 Å². The molecule has 2 N–H and O–H groups in total. The van der Waals surface area contributed by atoms with E-state index >= 15 is 0 Å². The molecule has 1 aromatic carbocycles. The summed E-state index contributed by atoms with van der Waals surface area (Å²) in [5, 5.41) is 13.3. The number of carbonyl (C=O) groups excluding carboxylic acids is 2. The maximum absolute atomic E-state index is 13.0. The number of pyridine rings is 1. The van der Waals surface area contributed by atoms with Gasteiger partial charge in [0.05, 0.1) is 12.1 Å². The predicted molar refractivity (Wildman–Crippen MR) is 111 cm³/mol. The number of nitrogens with zero attached hydrogens (tertiary/aromatic N) is 2. The van der Waals surface area contributed by atoms with Crippen LogP contribution in [0.4, 0.5) is 0 Å². The minimum Gasteiger partial charge on any atom is -0.391 e. The lowest BCUT2D eigenvalue weighted by molar-refractivity contribution is -0.125. The minimum absolute atomic E-state index is 0.0795. The molecule has 1 fully saturated rings. The number of aromatic nitrogens is 1. The first-order valence-corrected chi connectivity index (χ1v) is 10.2. The number of carbonyl (C=O) groups is 2. The Kier molecular flexibility index (Phi) is 6.99. The standard InChI is InChI=1S/C23H29N3O3/c1-16(2)22(28)25-19-11-13-26(14-12-21(19)27)23(29)20-10-6-9-18(24-20)15-17-7-4-3-5-8-17/h3-10,16,19,21,27H,11-15H2,1-2H3,(H,25,28)/t19-,21-/m0/s1. The molecule has 0 spiro atoms. The number of hydrogen-bond acceptors (Lipinski definition) is 4. The number of likely N-dealkylation sites (tertiary alicyclic amines) is 1. The molecule has 1 saturated heterocycles. The molecule has 1 aliphatic heterocycles. The van der Waals surface area contributed by atoms with Crippen LogP contribution in [0, 0.1) is 5.92 Å². The van der Waals surface area contributed by atoms with E-state index in [0.717, 1.165) is 11.3 Å². The van der Waals surface area contributed by atoms with Gasteiger partial charge in [-0.2, -0.15) is 0 Å². The second-order valence-corrected chi connectivity index (χ2v) is 7.88. The van der Waals surface area contributed by atoms with Crippen molar-refractivity contribution in [2.24, 2.45) is 5.92 Å². The monoisotopic (exact) mass is 395 g/mol. The third-order valence-corrected chi connectivity index (χ3v) is 5.26. The van der Waals surface area contributed by atoms with Gasteiger partial charge in [-0.25, -0.2) is 4.98 Å². The normalized spacial score (nSPS) is 19.7. The summed E-state index contributed by atoms with van der Waals surface area (Å²) >= 11 is 0. The average Bonchev–Trinajstić information content (AvgIpc) is 2.90. The fourth-order valence-corrected chi connectivity index (χ4v) is 3.47. The van der Waals surface area contributed by atoms with E-state index in [0.29, 0.717) is 38.0 Å². The van der Waals surface area contributed by atoms with E-state index in [4.69, 9.17) is 0 Å². The summed E-state index contributed by atoms with van der Waals surface area (Å²) in [6.07, 6.45) is 0.963. The van der Waals surface area contributed by atoms with Gasteiger partial charge < -0.3 is 15.3 Å². The summed E-state index contributed by atoms with van der Waals surface area (Å²) in [5.74, 6) is -0.355. The van der Waals surface area contributed by atoms with Crippen molar-refractivity contribution in [3.63, 3.8) is 0 Å². The second kappa shape index (κ2) is 9.65. The van der Waals surface area contributed by atoms with Gasteiger partial charge in [0.15, 0.2) is 0 Å². The van der Waals surface area contributed by atoms with Crippen LogP contribution in [0.25, 0.3) is 0 Å². The first-order chi connectivity index (χ1) is 13.9. The lowest BCUT2D eigenvalue weighted by atomic mass is 10.1. The molecule has 154 valence electrons. The maximum atomic E-state index is 13.0. The van der Waals surface area contributed by atoms with Gasteiger partial charge in [-0.3, -0.25) is 9.59 Å². The van der Waals surface area contributed by atoms with E-state index in [1.807, 2.05) is 56.3 Å². The Labute approximate surface area is 172 Å². The van der Waals surface area contributed by atoms with Crippen LogP contribution in [0.3, 0.4) is 0 Å². The van der Waals surface area contributed by atoms with Gasteiger partial charge >= 0.3 is 0 Å². The Hall–Kier alpha value is -2.73. The second-order valence-electron chi connectivity index (χ2n) is 7.88. The van der Waals surface area contributed by atoms with E-state index in [9.17, 15) is 14.7 Å². The quantitative estimate of drug-likeness (QED) is 0.815. The van der Waals surface area contributed by atoms with Crippen molar-refractivity contribution in [3.05, 3.63) is 65.5 Å². The van der Waals surface area contributed by atoms with E-state index in [1.54, 1.807) is 11.0 Å². The molecule has 6 heteroatoms. The average molecular weight is 396 g/mol. The molecule has 2 aromatic rings. The van der Waals surface area contributed by atoms with Crippen molar-refractivity contribution in [2.45, 2.75) is 45.3 Å². The highest BCUT2D eigenvalue weighted by Gasteiger charge is 2.29. The Morgan fingerprint density at radius 1 is 1.10 bits per heavy atom. The van der Waals surface area contributed by atoms with Crippen molar-refractivity contribution in [2.75, 3.05) is 13.1 Å². The van der Waals surface area contributed by atoms with Gasteiger partial charge in [-0.1, -0.05) is 50.2 Å². The molecule has 2 heterocycles. The number of amides is 2. The van der Waals surface area contributed by atoms with Crippen LogP contribution >= 0.6 is 0 Å². The van der Waals surface area contributed by atoms with Crippen molar-refractivity contribution in [1.29, 1.82) is 0 Å². The molecule has 3 rings (SSSR count). The Balaban J connectivity index is 1.66. The zero-order valence-corrected chi connectivity index (χ0v) is 17.0. The van der Waals surface area contributed by atoms with E-state index < -0.39 is 6.10 Å². The lowest BCUT2D eigenvalue weighted by Crippen LogP contribution is -2.44. The number of benzene rings is 1. The number of nitrogens with one attached hydrogen (secondary N) is 1. The molecule has 1 aliphatic rings. The highest BCUT2D eigenvalue weighted by atomic mass is 16.3. The number of aliphatic hydroxyl groups excluding tert-OH is 1. The Bertz CT molecular complexity index is 838. The summed E-state index contributed by atoms with van der Waals surface area (Å²) < 4.78 is 0. The van der Waals surface area contributed by atoms with Crippen LogP contribution in [0.2, 0.25) is 0 Å². The van der Waals surface area contributed by atoms with Crippen molar-refractivity contribution >= 4 is 11.8 Å². The molecule has 2 amide bonds. The van der Waals surface area contributed by atoms with Gasteiger partial charge in [0, 0.05) is 31.1 Å². The summed E-state index contributed by atoms with van der Waals surface area (Å²) in [4.78, 5) is 31.3. The molecule has 2 atom stereocenters. The summed E-state index contributed by atoms with van der Waals surface area (Å²) in [7, 11) is 0. The van der Waals surface area contributed by atoms with Crippen LogP contribution in [0.1, 0.15) is 48.4 Å². The molecule has 0 saturated carbocycles. The summed E-state index contributed by atoms with van der Waals surface area (Å²) in [6.45, 7) is 4.56. The fraction of sp³-hybridized carbons (Fsp3) is 0.435. The zero-order valence-electron chi connectivity index (χ0n) is 17.0. The molecular formula is C23H29N3O3. The first-order valence-electron chi connectivity index (χ1n) is 10.2. The van der Waals surface area contributed by atoms with Crippen LogP contribution in [0.5, 0.6) is 0 Å². The third kappa shape index (κ3) is 5.64. The molecule has 0 aliphatic carbocycles. The van der Waals surface area contributed by atoms with Gasteiger partial charge in [-0.05, 0) is 30.5 Å². The highest BCUT2D eigenvalue weighted by molar-refractivity contribution is 5.92. The SMILES string of the molecule is CC(C)C(=O)N[C@H]1CCN(C(=O)c2cccc(Cc3ccccc3)n2)CC[C@@H]1O. The van der Waals surface area contributed by atoms with Gasteiger partial charge in [0.25, 0.3) is 5.91 Å². The maximum Gasteiger partial charge on any atom is 0.272 e. The van der Waals surface area contributed by atoms with Crippen LogP contribution in [-0.4, -0.2) is 52.0 Å². The van der Waals surface area contributed by atoms with Crippen molar-refractivity contribution in [1.82, 2.24) is 15.2 Å². The molecular weight excluding hydrogens is 366 g/mol. The fourth-order valence-electron chi connectivity index (χ4n) is 3.47. The molecule has 0 unspecified atom stereocenters. The number of hydrogen-bond donors (Lipinski definition) is 2. The minimum atomic E-state index is -0.659. The molecule has 1 aromatic heterocycles. The Morgan fingerprint density at radius 3 is 2.55 bits per heavy atom. The lowest BCUT2D eigenvalue weighted by Gasteiger charge is -2.22. The van der Waals surface area contributed by atoms with Crippen molar-refractivity contribution in [3.8, 4) is 0 Å².